The molecule has 1 aliphatic rings. The Kier molecular flexibility index (Phi) is 3.82. The van der Waals surface area contributed by atoms with Gasteiger partial charge in [0.15, 0.2) is 11.5 Å². The zero-order valence-electron chi connectivity index (χ0n) is 13.4. The van der Waals surface area contributed by atoms with E-state index >= 15 is 0 Å². The average Bonchev–Trinajstić information content (AvgIpc) is 3.35. The van der Waals surface area contributed by atoms with E-state index in [-0.39, 0.29) is 12.7 Å². The molecule has 25 heavy (non-hydrogen) atoms. The summed E-state index contributed by atoms with van der Waals surface area (Å²) in [7, 11) is 1.57. The predicted molar refractivity (Wildman–Crippen MR) is 87.3 cm³/mol. The third-order valence-corrected chi connectivity index (χ3v) is 3.64. The highest BCUT2D eigenvalue weighted by atomic mass is 16.7. The number of hydrogen-bond donors (Lipinski definition) is 2. The molecule has 0 saturated carbocycles. The van der Waals surface area contributed by atoms with Crippen molar-refractivity contribution in [2.24, 2.45) is 0 Å². The molecular formula is C16H15N5O4. The van der Waals surface area contributed by atoms with Crippen LogP contribution in [0.25, 0.3) is 11.3 Å². The van der Waals surface area contributed by atoms with Gasteiger partial charge in [0.1, 0.15) is 12.4 Å². The van der Waals surface area contributed by atoms with Gasteiger partial charge in [0.25, 0.3) is 5.91 Å². The van der Waals surface area contributed by atoms with Gasteiger partial charge in [-0.1, -0.05) is 0 Å². The van der Waals surface area contributed by atoms with Gasteiger partial charge in [-0.3, -0.25) is 9.89 Å². The molecule has 9 nitrogen and oxygen atoms in total. The number of carbonyl (C=O) groups excluding carboxylic acids is 1. The lowest BCUT2D eigenvalue weighted by atomic mass is 10.1. The Labute approximate surface area is 142 Å². The molecule has 2 aromatic heterocycles. The summed E-state index contributed by atoms with van der Waals surface area (Å²) in [5.41, 5.74) is 2.37. The first kappa shape index (κ1) is 15.2. The molecule has 128 valence electrons. The number of nitrogens with one attached hydrogen (secondary N) is 2. The maximum atomic E-state index is 12.3. The average molecular weight is 341 g/mol. The Balaban J connectivity index is 1.49. The maximum Gasteiger partial charge on any atom is 0.273 e. The Morgan fingerprint density at radius 3 is 3.12 bits per heavy atom. The van der Waals surface area contributed by atoms with Crippen LogP contribution in [0.1, 0.15) is 10.5 Å². The summed E-state index contributed by atoms with van der Waals surface area (Å²) in [5, 5.41) is 13.7. The van der Waals surface area contributed by atoms with Gasteiger partial charge in [0.2, 0.25) is 6.79 Å². The van der Waals surface area contributed by atoms with E-state index < -0.39 is 0 Å². The molecule has 0 radical (unpaired) electrons. The third kappa shape index (κ3) is 3.04. The van der Waals surface area contributed by atoms with Crippen LogP contribution >= 0.6 is 0 Å². The lowest BCUT2D eigenvalue weighted by Gasteiger charge is -2.00. The summed E-state index contributed by atoms with van der Waals surface area (Å²) in [6.45, 7) is 0.526. The van der Waals surface area contributed by atoms with Crippen molar-refractivity contribution in [2.75, 3.05) is 19.2 Å². The topological polar surface area (TPSA) is 103 Å². The molecule has 0 fully saturated rings. The number of aromatic nitrogens is 4. The van der Waals surface area contributed by atoms with Crippen LogP contribution in [0.4, 0.5) is 5.69 Å². The van der Waals surface area contributed by atoms with Crippen molar-refractivity contribution in [3.05, 3.63) is 42.4 Å². The van der Waals surface area contributed by atoms with Crippen molar-refractivity contribution >= 4 is 11.6 Å². The Morgan fingerprint density at radius 1 is 1.36 bits per heavy atom. The minimum atomic E-state index is -0.309. The minimum Gasteiger partial charge on any atom is -0.454 e. The zero-order valence-corrected chi connectivity index (χ0v) is 13.4. The first-order valence-corrected chi connectivity index (χ1v) is 7.51. The van der Waals surface area contributed by atoms with Gasteiger partial charge >= 0.3 is 0 Å². The second kappa shape index (κ2) is 6.29. The van der Waals surface area contributed by atoms with Crippen LogP contribution in [0.5, 0.6) is 11.5 Å². The van der Waals surface area contributed by atoms with E-state index in [9.17, 15) is 4.79 Å². The molecule has 0 spiro atoms. The molecule has 4 rings (SSSR count). The molecule has 9 heteroatoms. The first-order chi connectivity index (χ1) is 12.2. The van der Waals surface area contributed by atoms with E-state index in [1.165, 1.54) is 0 Å². The number of fused-ring (bicyclic) bond motifs is 1. The highest BCUT2D eigenvalue weighted by Crippen LogP contribution is 2.35. The van der Waals surface area contributed by atoms with Crippen LogP contribution in [0.2, 0.25) is 0 Å². The molecular weight excluding hydrogens is 326 g/mol. The number of H-pyrrole nitrogens is 1. The second-order valence-electron chi connectivity index (χ2n) is 5.38. The molecule has 2 N–H and O–H groups in total. The number of anilines is 1. The highest BCUT2D eigenvalue weighted by Gasteiger charge is 2.16. The highest BCUT2D eigenvalue weighted by molar-refractivity contribution is 6.03. The van der Waals surface area contributed by atoms with Crippen molar-refractivity contribution in [2.45, 2.75) is 6.73 Å². The van der Waals surface area contributed by atoms with Gasteiger partial charge < -0.3 is 19.5 Å². The summed E-state index contributed by atoms with van der Waals surface area (Å²) in [4.78, 5) is 12.3. The van der Waals surface area contributed by atoms with E-state index in [0.717, 1.165) is 5.56 Å². The number of hydrogen-bond acceptors (Lipinski definition) is 6. The number of carbonyl (C=O) groups is 1. The number of amides is 1. The number of nitrogens with zero attached hydrogens (tertiary/aromatic N) is 3. The van der Waals surface area contributed by atoms with Crippen LogP contribution in [-0.4, -0.2) is 39.8 Å². The van der Waals surface area contributed by atoms with Crippen molar-refractivity contribution in [3.63, 3.8) is 0 Å². The van der Waals surface area contributed by atoms with Crippen LogP contribution < -0.4 is 14.8 Å². The minimum absolute atomic E-state index is 0.212. The number of methoxy groups -OCH3 is 1. The van der Waals surface area contributed by atoms with Gasteiger partial charge in [-0.05, 0) is 24.3 Å². The van der Waals surface area contributed by atoms with E-state index in [1.54, 1.807) is 30.3 Å². The van der Waals surface area contributed by atoms with Gasteiger partial charge in [0, 0.05) is 12.7 Å². The molecule has 1 amide bonds. The summed E-state index contributed by atoms with van der Waals surface area (Å²) in [6.07, 6.45) is 3.22. The molecule has 0 unspecified atom stereocenters. The maximum absolute atomic E-state index is 12.3. The molecule has 3 aromatic rings. The molecule has 3 heterocycles. The van der Waals surface area contributed by atoms with Crippen LogP contribution in [0.15, 0.2) is 36.7 Å². The lowest BCUT2D eigenvalue weighted by Crippen LogP contribution is -2.11. The standard InChI is InChI=1S/C16H15N5O4/c1-23-8-21-7-11(6-17-21)18-16(22)13-5-12(19-20-13)10-2-3-14-15(4-10)25-9-24-14/h2-7H,8-9H2,1H3,(H,18,22)(H,19,20). The number of ether oxygens (including phenoxy) is 3. The quantitative estimate of drug-likeness (QED) is 0.734. The van der Waals surface area contributed by atoms with Crippen LogP contribution in [0.3, 0.4) is 0 Å². The van der Waals surface area contributed by atoms with E-state index in [1.807, 2.05) is 18.2 Å². The third-order valence-electron chi connectivity index (χ3n) is 3.64. The van der Waals surface area contributed by atoms with Crippen LogP contribution in [0, 0.1) is 0 Å². The van der Waals surface area contributed by atoms with Gasteiger partial charge in [-0.2, -0.15) is 10.2 Å². The van der Waals surface area contributed by atoms with Gasteiger partial charge in [-0.25, -0.2) is 4.68 Å². The van der Waals surface area contributed by atoms with E-state index in [2.05, 4.69) is 20.6 Å². The summed E-state index contributed by atoms with van der Waals surface area (Å²) in [5.74, 6) is 1.05. The van der Waals surface area contributed by atoms with Gasteiger partial charge in [-0.15, -0.1) is 0 Å². The fourth-order valence-electron chi connectivity index (χ4n) is 2.47. The first-order valence-electron chi connectivity index (χ1n) is 7.51. The molecule has 0 saturated heterocycles. The molecule has 1 aliphatic heterocycles. The fourth-order valence-corrected chi connectivity index (χ4v) is 2.47. The van der Waals surface area contributed by atoms with Crippen LogP contribution in [-0.2, 0) is 11.5 Å². The Morgan fingerprint density at radius 2 is 2.24 bits per heavy atom. The molecule has 1 aromatic carbocycles. The predicted octanol–water partition coefficient (Wildman–Crippen LogP) is 1.86. The largest absolute Gasteiger partial charge is 0.454 e. The summed E-state index contributed by atoms with van der Waals surface area (Å²) in [6, 6.07) is 7.18. The summed E-state index contributed by atoms with van der Waals surface area (Å²) >= 11 is 0. The second-order valence-corrected chi connectivity index (χ2v) is 5.38. The Hall–Kier alpha value is -3.33. The number of rotatable bonds is 5. The summed E-state index contributed by atoms with van der Waals surface area (Å²) < 4.78 is 17.2. The van der Waals surface area contributed by atoms with Gasteiger partial charge in [0.05, 0.1) is 23.8 Å². The molecule has 0 bridgehead atoms. The van der Waals surface area contributed by atoms with Crippen molar-refractivity contribution < 1.29 is 19.0 Å². The zero-order chi connectivity index (χ0) is 17.2. The SMILES string of the molecule is COCn1cc(NC(=O)c2cc(-c3ccc4c(c3)OCO4)n[nH]2)cn1. The van der Waals surface area contributed by atoms with E-state index in [4.69, 9.17) is 14.2 Å². The van der Waals surface area contributed by atoms with E-state index in [0.29, 0.717) is 35.3 Å². The normalized spacial score (nSPS) is 12.4. The Bertz CT molecular complexity index is 917. The van der Waals surface area contributed by atoms with Crippen molar-refractivity contribution in [1.82, 2.24) is 20.0 Å². The monoisotopic (exact) mass is 341 g/mol. The smallest absolute Gasteiger partial charge is 0.273 e. The number of benzene rings is 1. The number of aromatic amines is 1. The van der Waals surface area contributed by atoms with Crippen molar-refractivity contribution in [1.29, 1.82) is 0 Å². The fraction of sp³-hybridized carbons (Fsp3) is 0.188. The molecule has 0 aliphatic carbocycles. The lowest BCUT2D eigenvalue weighted by molar-refractivity contribution is 0.102. The molecule has 0 atom stereocenters. The van der Waals surface area contributed by atoms with Crippen molar-refractivity contribution in [3.8, 4) is 22.8 Å².